The Morgan fingerprint density at radius 2 is 2.22 bits per heavy atom. The Kier molecular flexibility index (Phi) is 4.81. The van der Waals surface area contributed by atoms with Gasteiger partial charge in [-0.15, -0.1) is 0 Å². The molecule has 0 aromatic rings. The normalized spacial score (nSPS) is 15.2. The summed E-state index contributed by atoms with van der Waals surface area (Å²) in [5.41, 5.74) is 5.09. The van der Waals surface area contributed by atoms with Crippen molar-refractivity contribution in [3.8, 4) is 0 Å². The highest BCUT2D eigenvalue weighted by Gasteiger charge is 2.24. The Hall–Kier alpha value is -0.0200. The zero-order chi connectivity index (χ0) is 7.28. The van der Waals surface area contributed by atoms with Gasteiger partial charge in [-0.2, -0.15) is 4.89 Å². The van der Waals surface area contributed by atoms with Gasteiger partial charge in [-0.3, -0.25) is 0 Å². The summed E-state index contributed by atoms with van der Waals surface area (Å²) >= 11 is 0. The van der Waals surface area contributed by atoms with Crippen LogP contribution in [0.3, 0.4) is 0 Å². The highest BCUT2D eigenvalue weighted by atomic mass is 31.1. The van der Waals surface area contributed by atoms with Crippen molar-refractivity contribution >= 4 is 8.03 Å². The van der Waals surface area contributed by atoms with Gasteiger partial charge in [-0.1, -0.05) is 0 Å². The van der Waals surface area contributed by atoms with Crippen LogP contribution in [-0.4, -0.2) is 22.4 Å². The molecule has 4 nitrogen and oxygen atoms in total. The van der Waals surface area contributed by atoms with Gasteiger partial charge in [-0.25, -0.2) is 0 Å². The monoisotopic (exact) mass is 152 g/mol. The molecule has 0 bridgehead atoms. The van der Waals surface area contributed by atoms with Crippen molar-refractivity contribution in [2.45, 2.75) is 18.7 Å². The molecule has 0 saturated heterocycles. The van der Waals surface area contributed by atoms with Gasteiger partial charge in [0.1, 0.15) is 0 Å². The van der Waals surface area contributed by atoms with E-state index in [0.29, 0.717) is 19.4 Å². The molecule has 0 aromatic heterocycles. The molecule has 0 rings (SSSR count). The van der Waals surface area contributed by atoms with Crippen LogP contribution in [0.1, 0.15) is 12.8 Å². The fraction of sp³-hybridized carbons (Fsp3) is 1.00. The Morgan fingerprint density at radius 3 is 2.56 bits per heavy atom. The molecular formula is C4H11NO3P+. The number of aliphatic hydroxyl groups is 1. The van der Waals surface area contributed by atoms with Gasteiger partial charge in [0, 0.05) is 6.42 Å². The van der Waals surface area contributed by atoms with E-state index in [9.17, 15) is 4.57 Å². The lowest BCUT2D eigenvalue weighted by Crippen LogP contribution is -2.05. The molecule has 0 radical (unpaired) electrons. The third-order valence-electron chi connectivity index (χ3n) is 0.921. The highest BCUT2D eigenvalue weighted by Crippen LogP contribution is 2.22. The van der Waals surface area contributed by atoms with E-state index < -0.39 is 13.9 Å². The van der Waals surface area contributed by atoms with E-state index in [2.05, 4.69) is 0 Å². The first-order chi connectivity index (χ1) is 4.18. The molecule has 0 aromatic carbocycles. The molecule has 0 spiro atoms. The topological polar surface area (TPSA) is 83.5 Å². The maximum absolute atomic E-state index is 10.1. The van der Waals surface area contributed by atoms with Crippen LogP contribution in [-0.2, 0) is 4.57 Å². The molecule has 0 heterocycles. The lowest BCUT2D eigenvalue weighted by molar-refractivity contribution is 0.225. The van der Waals surface area contributed by atoms with Crippen molar-refractivity contribution in [2.75, 3.05) is 6.54 Å². The summed E-state index contributed by atoms with van der Waals surface area (Å²) in [4.78, 5) is 8.27. The second-order valence-corrected chi connectivity index (χ2v) is 2.92. The van der Waals surface area contributed by atoms with Crippen LogP contribution in [0.2, 0.25) is 0 Å². The molecule has 0 fully saturated rings. The number of hydrogen-bond acceptors (Lipinski definition) is 3. The van der Waals surface area contributed by atoms with Crippen molar-refractivity contribution in [2.24, 2.45) is 5.73 Å². The molecule has 0 amide bonds. The first-order valence-corrected chi connectivity index (χ1v) is 4.00. The fourth-order valence-corrected chi connectivity index (χ4v) is 0.814. The second kappa shape index (κ2) is 4.82. The predicted octanol–water partition coefficient (Wildman–Crippen LogP) is -0.222. The van der Waals surface area contributed by atoms with Gasteiger partial charge in [0.15, 0.2) is 0 Å². The smallest absolute Gasteiger partial charge is 0.349 e. The molecule has 0 saturated carbocycles. The van der Waals surface area contributed by atoms with Gasteiger partial charge in [0.25, 0.3) is 5.85 Å². The van der Waals surface area contributed by atoms with E-state index in [0.717, 1.165) is 0 Å². The SMILES string of the molecule is NCCCC(O)[P+](=O)O. The number of nitrogens with two attached hydrogens (primary N) is 1. The molecule has 5 heteroatoms. The van der Waals surface area contributed by atoms with Crippen LogP contribution in [0.4, 0.5) is 0 Å². The minimum atomic E-state index is -2.42. The third kappa shape index (κ3) is 4.48. The van der Waals surface area contributed by atoms with Crippen LogP contribution >= 0.6 is 8.03 Å². The summed E-state index contributed by atoms with van der Waals surface area (Å²) in [6, 6.07) is 0. The van der Waals surface area contributed by atoms with Crippen LogP contribution in [0.15, 0.2) is 0 Å². The molecule has 0 aliphatic rings. The van der Waals surface area contributed by atoms with Crippen LogP contribution < -0.4 is 5.73 Å². The van der Waals surface area contributed by atoms with Crippen molar-refractivity contribution in [3.63, 3.8) is 0 Å². The Labute approximate surface area is 54.6 Å². The minimum absolute atomic E-state index is 0.308. The van der Waals surface area contributed by atoms with E-state index in [-0.39, 0.29) is 0 Å². The van der Waals surface area contributed by atoms with Gasteiger partial charge < -0.3 is 10.8 Å². The Balaban J connectivity index is 3.27. The summed E-state index contributed by atoms with van der Waals surface area (Å²) in [5.74, 6) is -1.09. The third-order valence-corrected chi connectivity index (χ3v) is 1.69. The molecule has 0 aliphatic heterocycles. The van der Waals surface area contributed by atoms with E-state index in [1.54, 1.807) is 0 Å². The standard InChI is InChI=1S/C4H10NO3P/c5-3-1-2-4(6)9(7)8/h4,6H,1-3,5H2/p+1. The Bertz CT molecular complexity index is 97.8. The molecule has 0 aliphatic carbocycles. The quantitative estimate of drug-likeness (QED) is 0.486. The maximum atomic E-state index is 10.1. The van der Waals surface area contributed by atoms with Crippen molar-refractivity contribution in [1.82, 2.24) is 0 Å². The lowest BCUT2D eigenvalue weighted by Gasteiger charge is -1.92. The summed E-state index contributed by atoms with van der Waals surface area (Å²) in [6.07, 6.45) is 0.894. The van der Waals surface area contributed by atoms with E-state index in [1.807, 2.05) is 0 Å². The summed E-state index contributed by atoms with van der Waals surface area (Å²) < 4.78 is 10.1. The number of rotatable bonds is 4. The minimum Gasteiger partial charge on any atom is -0.349 e. The molecule has 2 atom stereocenters. The number of hydrogen-bond donors (Lipinski definition) is 3. The van der Waals surface area contributed by atoms with Gasteiger partial charge >= 0.3 is 8.03 Å². The van der Waals surface area contributed by atoms with Crippen molar-refractivity contribution in [1.29, 1.82) is 0 Å². The second-order valence-electron chi connectivity index (χ2n) is 1.71. The van der Waals surface area contributed by atoms with Crippen LogP contribution in [0, 0.1) is 0 Å². The molecule has 9 heavy (non-hydrogen) atoms. The molecule has 4 N–H and O–H groups in total. The zero-order valence-electron chi connectivity index (χ0n) is 5.03. The largest absolute Gasteiger partial charge is 0.537 e. The van der Waals surface area contributed by atoms with Crippen LogP contribution in [0.25, 0.3) is 0 Å². The Morgan fingerprint density at radius 1 is 1.67 bits per heavy atom. The van der Waals surface area contributed by atoms with Gasteiger partial charge in [0.05, 0.1) is 0 Å². The maximum Gasteiger partial charge on any atom is 0.537 e. The van der Waals surface area contributed by atoms with E-state index in [1.165, 1.54) is 0 Å². The first kappa shape index (κ1) is 8.98. The average molecular weight is 152 g/mol. The highest BCUT2D eigenvalue weighted by molar-refractivity contribution is 7.38. The van der Waals surface area contributed by atoms with E-state index in [4.69, 9.17) is 15.7 Å². The van der Waals surface area contributed by atoms with Gasteiger partial charge in [-0.05, 0) is 17.5 Å². The summed E-state index contributed by atoms with van der Waals surface area (Å²) in [5, 5.41) is 8.67. The predicted molar refractivity (Wildman–Crippen MR) is 34.1 cm³/mol. The fourth-order valence-electron chi connectivity index (χ4n) is 0.411. The van der Waals surface area contributed by atoms with E-state index >= 15 is 0 Å². The number of aliphatic hydroxyl groups excluding tert-OH is 1. The van der Waals surface area contributed by atoms with Crippen molar-refractivity contribution < 1.29 is 14.6 Å². The lowest BCUT2D eigenvalue weighted by atomic mass is 10.3. The molecular weight excluding hydrogens is 141 g/mol. The summed E-state index contributed by atoms with van der Waals surface area (Å²) in [7, 11) is -2.42. The summed E-state index contributed by atoms with van der Waals surface area (Å²) in [6.45, 7) is 0.445. The average Bonchev–Trinajstić information content (AvgIpc) is 1.82. The van der Waals surface area contributed by atoms with Crippen LogP contribution in [0.5, 0.6) is 0 Å². The zero-order valence-corrected chi connectivity index (χ0v) is 5.92. The molecule has 54 valence electrons. The first-order valence-electron chi connectivity index (χ1n) is 2.72. The van der Waals surface area contributed by atoms with Crippen molar-refractivity contribution in [3.05, 3.63) is 0 Å². The van der Waals surface area contributed by atoms with Gasteiger partial charge in [0.2, 0.25) is 0 Å². The molecule has 2 unspecified atom stereocenters.